The zero-order chi connectivity index (χ0) is 30.4. The first-order valence-corrected chi connectivity index (χ1v) is 15.6. The van der Waals surface area contributed by atoms with E-state index in [0.717, 1.165) is 60.2 Å². The number of nitrogens with one attached hydrogen (secondary N) is 1. The van der Waals surface area contributed by atoms with Gasteiger partial charge in [0.05, 0.1) is 17.0 Å². The molecular weight excluding hydrogens is 577 g/mol. The van der Waals surface area contributed by atoms with E-state index in [0.29, 0.717) is 17.9 Å². The van der Waals surface area contributed by atoms with E-state index in [1.54, 1.807) is 11.1 Å². The number of rotatable bonds is 8. The average molecular weight is 609 g/mol. The Balaban J connectivity index is 1.29. The van der Waals surface area contributed by atoms with Crippen LogP contribution >= 0.6 is 0 Å². The molecule has 1 heterocycles. The molecule has 11 heteroatoms. The van der Waals surface area contributed by atoms with Crippen LogP contribution in [0.4, 0.5) is 18.9 Å². The van der Waals surface area contributed by atoms with Gasteiger partial charge in [-0.1, -0.05) is 36.4 Å². The normalized spacial score (nSPS) is 20.0. The molecule has 6 rings (SSSR count). The van der Waals surface area contributed by atoms with E-state index in [9.17, 15) is 26.4 Å². The van der Waals surface area contributed by atoms with E-state index in [1.807, 2.05) is 66.3 Å². The van der Waals surface area contributed by atoms with Crippen molar-refractivity contribution in [2.24, 2.45) is 13.0 Å². The molecule has 4 aromatic rings. The van der Waals surface area contributed by atoms with Gasteiger partial charge in [-0.15, -0.1) is 0 Å². The number of halogens is 3. The number of benzene rings is 3. The van der Waals surface area contributed by atoms with Crippen molar-refractivity contribution in [3.63, 3.8) is 0 Å². The van der Waals surface area contributed by atoms with Gasteiger partial charge in [-0.2, -0.15) is 13.2 Å². The molecule has 2 aliphatic rings. The number of amides is 1. The van der Waals surface area contributed by atoms with Gasteiger partial charge >= 0.3 is 6.18 Å². The summed E-state index contributed by atoms with van der Waals surface area (Å²) in [5.41, 5.74) is 2.58. The minimum Gasteiger partial charge on any atom is -0.337 e. The lowest BCUT2D eigenvalue weighted by atomic mass is 9.87. The molecule has 1 fully saturated rings. The molecule has 2 aliphatic carbocycles. The number of imidazole rings is 1. The topological polar surface area (TPSA) is 84.3 Å². The van der Waals surface area contributed by atoms with Crippen LogP contribution in [0.15, 0.2) is 90.1 Å². The highest BCUT2D eigenvalue weighted by Gasteiger charge is 2.46. The van der Waals surface area contributed by atoms with Crippen LogP contribution in [0, 0.1) is 5.92 Å². The summed E-state index contributed by atoms with van der Waals surface area (Å²) < 4.78 is 70.1. The van der Waals surface area contributed by atoms with Crippen LogP contribution in [-0.2, 0) is 41.0 Å². The van der Waals surface area contributed by atoms with Crippen molar-refractivity contribution in [1.29, 1.82) is 0 Å². The van der Waals surface area contributed by atoms with E-state index < -0.39 is 27.8 Å². The summed E-state index contributed by atoms with van der Waals surface area (Å²) in [6.07, 6.45) is 1.70. The van der Waals surface area contributed by atoms with Gasteiger partial charge in [-0.05, 0) is 84.7 Å². The van der Waals surface area contributed by atoms with Crippen molar-refractivity contribution < 1.29 is 26.4 Å². The van der Waals surface area contributed by atoms with Crippen molar-refractivity contribution in [3.05, 3.63) is 113 Å². The van der Waals surface area contributed by atoms with Crippen LogP contribution in [0.25, 0.3) is 0 Å². The molecule has 1 aromatic heterocycles. The smallest absolute Gasteiger partial charge is 0.337 e. The third kappa shape index (κ3) is 6.09. The molecule has 0 spiro atoms. The zero-order valence-corrected chi connectivity index (χ0v) is 24.3. The third-order valence-electron chi connectivity index (χ3n) is 8.37. The lowest BCUT2D eigenvalue weighted by Crippen LogP contribution is -2.34. The van der Waals surface area contributed by atoms with Gasteiger partial charge in [-0.3, -0.25) is 4.79 Å². The van der Waals surface area contributed by atoms with Crippen LogP contribution in [0.3, 0.4) is 0 Å². The molecule has 3 atom stereocenters. The molecule has 1 unspecified atom stereocenters. The maximum Gasteiger partial charge on any atom is 0.416 e. The number of anilines is 1. The Hall–Kier alpha value is -3.96. The molecule has 1 amide bonds. The van der Waals surface area contributed by atoms with Crippen molar-refractivity contribution >= 4 is 21.6 Å². The van der Waals surface area contributed by atoms with Gasteiger partial charge in [0.2, 0.25) is 15.9 Å². The lowest BCUT2D eigenvalue weighted by molar-refractivity contribution is -0.137. The molecule has 1 saturated carbocycles. The highest BCUT2D eigenvalue weighted by molar-refractivity contribution is 7.89. The standard InChI is InChI=1S/C32H31F3N4O3S/c1-38-17-16-36-30(38)20-39(31(40)28-19-26(28)21-6-3-2-4-7-21)24-13-10-22-8-5-9-29(27(22)18-24)37-43(41,42)25-14-11-23(12-15-25)32(33,34)35/h2-4,6-7,10-18,26,28-29,37H,5,8-9,19-20H2,1H3/t26-,28-,29?/m1/s1. The van der Waals surface area contributed by atoms with Gasteiger partial charge in [0, 0.05) is 37.1 Å². The number of sulfonamides is 1. The summed E-state index contributed by atoms with van der Waals surface area (Å²) in [5, 5.41) is 0. The number of alkyl halides is 3. The van der Waals surface area contributed by atoms with Crippen molar-refractivity contribution in [3.8, 4) is 0 Å². The largest absolute Gasteiger partial charge is 0.416 e. The fourth-order valence-electron chi connectivity index (χ4n) is 5.88. The summed E-state index contributed by atoms with van der Waals surface area (Å²) >= 11 is 0. The van der Waals surface area contributed by atoms with Gasteiger partial charge in [0.15, 0.2) is 0 Å². The Morgan fingerprint density at radius 1 is 1.07 bits per heavy atom. The molecule has 3 aromatic carbocycles. The van der Waals surface area contributed by atoms with Gasteiger partial charge in [-0.25, -0.2) is 18.1 Å². The van der Waals surface area contributed by atoms with Crippen LogP contribution in [0.1, 0.15) is 59.3 Å². The first-order chi connectivity index (χ1) is 20.5. The average Bonchev–Trinajstić information content (AvgIpc) is 3.70. The Kier molecular flexibility index (Phi) is 7.64. The summed E-state index contributed by atoms with van der Waals surface area (Å²) in [6.45, 7) is 0.251. The highest BCUT2D eigenvalue weighted by atomic mass is 32.2. The second-order valence-corrected chi connectivity index (χ2v) is 12.9. The number of aromatic nitrogens is 2. The van der Waals surface area contributed by atoms with E-state index in [4.69, 9.17) is 0 Å². The summed E-state index contributed by atoms with van der Waals surface area (Å²) in [4.78, 5) is 19.9. The Morgan fingerprint density at radius 3 is 2.49 bits per heavy atom. The molecule has 7 nitrogen and oxygen atoms in total. The molecule has 0 aliphatic heterocycles. The lowest BCUT2D eigenvalue weighted by Gasteiger charge is -2.29. The number of carbonyl (C=O) groups is 1. The number of nitrogens with zero attached hydrogens (tertiary/aromatic N) is 3. The van der Waals surface area contributed by atoms with Crippen LogP contribution in [0.2, 0.25) is 0 Å². The Bertz CT molecular complexity index is 1740. The van der Waals surface area contributed by atoms with E-state index in [-0.39, 0.29) is 29.2 Å². The van der Waals surface area contributed by atoms with Crippen molar-refractivity contribution in [1.82, 2.24) is 14.3 Å². The predicted molar refractivity (Wildman–Crippen MR) is 156 cm³/mol. The highest BCUT2D eigenvalue weighted by Crippen LogP contribution is 2.49. The Morgan fingerprint density at radius 2 is 1.81 bits per heavy atom. The van der Waals surface area contributed by atoms with Crippen LogP contribution in [0.5, 0.6) is 0 Å². The van der Waals surface area contributed by atoms with Gasteiger partial charge < -0.3 is 9.47 Å². The van der Waals surface area contributed by atoms with Gasteiger partial charge in [0.25, 0.3) is 0 Å². The molecule has 43 heavy (non-hydrogen) atoms. The fraction of sp³-hybridized carbons (Fsp3) is 0.312. The minimum atomic E-state index is -4.56. The summed E-state index contributed by atoms with van der Waals surface area (Å²) in [6, 6.07) is 18.5. The molecule has 224 valence electrons. The second-order valence-electron chi connectivity index (χ2n) is 11.2. The summed E-state index contributed by atoms with van der Waals surface area (Å²) in [5.74, 6) is 0.656. The maximum atomic E-state index is 14.0. The second kappa shape index (κ2) is 11.3. The SMILES string of the molecule is Cn1ccnc1CN(C(=O)[C@@H]1C[C@@H]1c1ccccc1)c1ccc2c(c1)C(NS(=O)(=O)c1ccc(C(F)(F)F)cc1)CCC2. The summed E-state index contributed by atoms with van der Waals surface area (Å²) in [7, 11) is -2.24. The quantitative estimate of drug-likeness (QED) is 0.261. The molecular formula is C32H31F3N4O3S. The van der Waals surface area contributed by atoms with Crippen LogP contribution < -0.4 is 9.62 Å². The third-order valence-corrected chi connectivity index (χ3v) is 9.85. The minimum absolute atomic E-state index is 0.0190. The number of hydrogen-bond donors (Lipinski definition) is 1. The first-order valence-electron chi connectivity index (χ1n) is 14.2. The predicted octanol–water partition coefficient (Wildman–Crippen LogP) is 6.13. The number of aryl methyl sites for hydroxylation is 2. The number of carbonyl (C=O) groups excluding carboxylic acids is 1. The number of fused-ring (bicyclic) bond motifs is 1. The maximum absolute atomic E-state index is 14.0. The monoisotopic (exact) mass is 608 g/mol. The number of hydrogen-bond acceptors (Lipinski definition) is 4. The molecule has 0 bridgehead atoms. The van der Waals surface area contributed by atoms with Crippen LogP contribution in [-0.4, -0.2) is 23.9 Å². The fourth-order valence-corrected chi connectivity index (χ4v) is 7.13. The van der Waals surface area contributed by atoms with Crippen molar-refractivity contribution in [2.75, 3.05) is 4.90 Å². The van der Waals surface area contributed by atoms with E-state index in [2.05, 4.69) is 9.71 Å². The molecule has 0 radical (unpaired) electrons. The van der Waals surface area contributed by atoms with Crippen molar-refractivity contribution in [2.45, 2.75) is 55.3 Å². The first kappa shape index (κ1) is 29.1. The van der Waals surface area contributed by atoms with Gasteiger partial charge in [0.1, 0.15) is 5.82 Å². The Labute approximate surface area is 248 Å². The van der Waals surface area contributed by atoms with E-state index >= 15 is 0 Å². The molecule has 0 saturated heterocycles. The molecule has 1 N–H and O–H groups in total. The van der Waals surface area contributed by atoms with E-state index in [1.165, 1.54) is 0 Å². The zero-order valence-electron chi connectivity index (χ0n) is 23.5.